The number of hydrogen-bond donors (Lipinski definition) is 2. The maximum Gasteiger partial charge on any atom is 0.488 e. The van der Waals surface area contributed by atoms with Crippen LogP contribution in [0.25, 0.3) is 10.8 Å². The zero-order chi connectivity index (χ0) is 18.2. The Hall–Kier alpha value is -1.73. The molecule has 0 bridgehead atoms. The Morgan fingerprint density at radius 1 is 1.04 bits per heavy atom. The van der Waals surface area contributed by atoms with Crippen molar-refractivity contribution in [2.24, 2.45) is 5.92 Å². The predicted molar refractivity (Wildman–Crippen MR) is 90.8 cm³/mol. The highest BCUT2D eigenvalue weighted by atomic mass is 19.4. The molecule has 7 heteroatoms. The van der Waals surface area contributed by atoms with E-state index in [1.54, 1.807) is 0 Å². The number of alkyl halides is 3. The minimum absolute atomic E-state index is 0.00132. The molecule has 0 amide bonds. The van der Waals surface area contributed by atoms with Crippen molar-refractivity contribution in [3.63, 3.8) is 0 Å². The van der Waals surface area contributed by atoms with Crippen molar-refractivity contribution in [3.8, 4) is 5.75 Å². The first-order valence-electron chi connectivity index (χ1n) is 8.42. The Morgan fingerprint density at radius 2 is 1.72 bits per heavy atom. The van der Waals surface area contributed by atoms with Crippen molar-refractivity contribution in [2.75, 3.05) is 0 Å². The number of ether oxygens (including phenoxy) is 1. The van der Waals surface area contributed by atoms with E-state index >= 15 is 0 Å². The molecule has 1 aliphatic carbocycles. The average molecular weight is 352 g/mol. The summed E-state index contributed by atoms with van der Waals surface area (Å²) in [4.78, 5) is 0. The molecule has 0 atom stereocenters. The highest BCUT2D eigenvalue weighted by Crippen LogP contribution is 2.42. The molecule has 3 rings (SSSR count). The van der Waals surface area contributed by atoms with Gasteiger partial charge in [-0.25, -0.2) is 0 Å². The molecule has 1 aliphatic rings. The second kappa shape index (κ2) is 6.88. The number of rotatable bonds is 3. The molecule has 3 nitrogen and oxygen atoms in total. The number of hydrogen-bond acceptors (Lipinski definition) is 3. The summed E-state index contributed by atoms with van der Waals surface area (Å²) in [6.45, 7) is 2.14. The van der Waals surface area contributed by atoms with E-state index in [4.69, 9.17) is 4.74 Å². The average Bonchev–Trinajstić information content (AvgIpc) is 2.55. The SMILES string of the molecule is CC1CCC(Oc2ccc3cc(B(O)O)ccc3c2C(F)(F)F)CC1. The summed E-state index contributed by atoms with van der Waals surface area (Å²) in [7, 11) is -1.72. The van der Waals surface area contributed by atoms with Crippen LogP contribution in [0, 0.1) is 5.92 Å². The number of fused-ring (bicyclic) bond motifs is 1. The normalized spacial score (nSPS) is 21.4. The van der Waals surface area contributed by atoms with E-state index in [0.29, 0.717) is 11.3 Å². The van der Waals surface area contributed by atoms with Crippen molar-refractivity contribution < 1.29 is 28.0 Å². The van der Waals surface area contributed by atoms with Gasteiger partial charge in [0.05, 0.1) is 6.10 Å². The van der Waals surface area contributed by atoms with E-state index in [2.05, 4.69) is 6.92 Å². The summed E-state index contributed by atoms with van der Waals surface area (Å²) in [6.07, 6.45) is -1.34. The topological polar surface area (TPSA) is 49.7 Å². The molecule has 0 heterocycles. The Bertz CT molecular complexity index is 753. The van der Waals surface area contributed by atoms with E-state index in [9.17, 15) is 23.2 Å². The van der Waals surface area contributed by atoms with Crippen molar-refractivity contribution in [2.45, 2.75) is 44.9 Å². The third-order valence-electron chi connectivity index (χ3n) is 4.84. The van der Waals surface area contributed by atoms with Crippen LogP contribution >= 0.6 is 0 Å². The van der Waals surface area contributed by atoms with Gasteiger partial charge in [0.2, 0.25) is 0 Å². The molecule has 134 valence electrons. The van der Waals surface area contributed by atoms with Crippen molar-refractivity contribution in [1.82, 2.24) is 0 Å². The second-order valence-electron chi connectivity index (χ2n) is 6.79. The highest BCUT2D eigenvalue weighted by molar-refractivity contribution is 6.58. The predicted octanol–water partition coefficient (Wildman–Crippen LogP) is 3.50. The molecule has 0 unspecified atom stereocenters. The van der Waals surface area contributed by atoms with Gasteiger partial charge in [0.25, 0.3) is 0 Å². The van der Waals surface area contributed by atoms with E-state index in [0.717, 1.165) is 25.7 Å². The van der Waals surface area contributed by atoms with Crippen LogP contribution in [0.4, 0.5) is 13.2 Å². The highest BCUT2D eigenvalue weighted by Gasteiger charge is 2.37. The lowest BCUT2D eigenvalue weighted by Gasteiger charge is -2.28. The molecule has 2 aromatic carbocycles. The largest absolute Gasteiger partial charge is 0.490 e. The van der Waals surface area contributed by atoms with Crippen molar-refractivity contribution in [1.29, 1.82) is 0 Å². The fraction of sp³-hybridized carbons (Fsp3) is 0.444. The minimum atomic E-state index is -4.56. The minimum Gasteiger partial charge on any atom is -0.490 e. The zero-order valence-corrected chi connectivity index (χ0v) is 13.9. The van der Waals surface area contributed by atoms with Gasteiger partial charge in [-0.15, -0.1) is 0 Å². The Balaban J connectivity index is 2.01. The summed E-state index contributed by atoms with van der Waals surface area (Å²) in [5.74, 6) is 0.429. The molecule has 2 aromatic rings. The van der Waals surface area contributed by atoms with Gasteiger partial charge in [-0.3, -0.25) is 0 Å². The summed E-state index contributed by atoms with van der Waals surface area (Å²) in [6, 6.07) is 6.76. The Labute approximate surface area is 144 Å². The van der Waals surface area contributed by atoms with E-state index in [1.165, 1.54) is 30.3 Å². The van der Waals surface area contributed by atoms with Crippen LogP contribution in [0.2, 0.25) is 0 Å². The van der Waals surface area contributed by atoms with Gasteiger partial charge in [-0.2, -0.15) is 13.2 Å². The van der Waals surface area contributed by atoms with Crippen LogP contribution in [0.1, 0.15) is 38.2 Å². The zero-order valence-electron chi connectivity index (χ0n) is 13.9. The van der Waals surface area contributed by atoms with Gasteiger partial charge in [-0.05, 0) is 53.9 Å². The molecular weight excluding hydrogens is 332 g/mol. The second-order valence-corrected chi connectivity index (χ2v) is 6.79. The van der Waals surface area contributed by atoms with E-state index in [1.807, 2.05) is 0 Å². The molecule has 0 saturated heterocycles. The van der Waals surface area contributed by atoms with Crippen LogP contribution in [-0.4, -0.2) is 23.3 Å². The number of benzene rings is 2. The molecule has 0 radical (unpaired) electrons. The van der Waals surface area contributed by atoms with E-state index < -0.39 is 18.9 Å². The lowest BCUT2D eigenvalue weighted by Crippen LogP contribution is -2.29. The van der Waals surface area contributed by atoms with Crippen LogP contribution in [0.5, 0.6) is 5.75 Å². The van der Waals surface area contributed by atoms with Crippen LogP contribution < -0.4 is 10.2 Å². The lowest BCUT2D eigenvalue weighted by atomic mass is 9.79. The van der Waals surface area contributed by atoms with Crippen LogP contribution in [0.3, 0.4) is 0 Å². The Kier molecular flexibility index (Phi) is 4.98. The first kappa shape index (κ1) is 18.1. The summed E-state index contributed by atoms with van der Waals surface area (Å²) >= 11 is 0. The number of halogens is 3. The molecule has 2 N–H and O–H groups in total. The summed E-state index contributed by atoms with van der Waals surface area (Å²) in [5, 5.41) is 18.7. The first-order valence-corrected chi connectivity index (χ1v) is 8.42. The smallest absolute Gasteiger partial charge is 0.488 e. The third kappa shape index (κ3) is 3.93. The third-order valence-corrected chi connectivity index (χ3v) is 4.84. The van der Waals surface area contributed by atoms with E-state index in [-0.39, 0.29) is 22.7 Å². The van der Waals surface area contributed by atoms with Gasteiger partial charge in [0, 0.05) is 0 Å². The fourth-order valence-corrected chi connectivity index (χ4v) is 3.41. The van der Waals surface area contributed by atoms with Gasteiger partial charge in [0.15, 0.2) is 0 Å². The van der Waals surface area contributed by atoms with Crippen molar-refractivity contribution >= 4 is 23.4 Å². The maximum atomic E-state index is 13.7. The van der Waals surface area contributed by atoms with Crippen LogP contribution in [-0.2, 0) is 6.18 Å². The fourth-order valence-electron chi connectivity index (χ4n) is 3.41. The molecule has 0 spiro atoms. The quantitative estimate of drug-likeness (QED) is 0.832. The Morgan fingerprint density at radius 3 is 2.32 bits per heavy atom. The standard InChI is InChI=1S/C18H20BF3O3/c1-11-2-6-14(7-3-11)25-16-9-4-12-10-13(19(23)24)5-8-15(12)17(16)18(20,21)22/h4-5,8-11,14,23-24H,2-3,6-7H2,1H3. The summed E-state index contributed by atoms with van der Waals surface area (Å²) in [5.41, 5.74) is -0.654. The molecule has 1 saturated carbocycles. The summed E-state index contributed by atoms with van der Waals surface area (Å²) < 4.78 is 46.8. The molecule has 25 heavy (non-hydrogen) atoms. The molecule has 1 fully saturated rings. The van der Waals surface area contributed by atoms with Gasteiger partial charge < -0.3 is 14.8 Å². The van der Waals surface area contributed by atoms with Gasteiger partial charge in [-0.1, -0.05) is 31.2 Å². The van der Waals surface area contributed by atoms with Crippen molar-refractivity contribution in [3.05, 3.63) is 35.9 Å². The van der Waals surface area contributed by atoms with Gasteiger partial charge in [0.1, 0.15) is 11.3 Å². The van der Waals surface area contributed by atoms with Crippen LogP contribution in [0.15, 0.2) is 30.3 Å². The first-order chi connectivity index (χ1) is 11.8. The molecule has 0 aliphatic heterocycles. The van der Waals surface area contributed by atoms with Gasteiger partial charge >= 0.3 is 13.3 Å². The maximum absolute atomic E-state index is 13.7. The monoisotopic (exact) mass is 352 g/mol. The molecule has 0 aromatic heterocycles. The lowest BCUT2D eigenvalue weighted by molar-refractivity contribution is -0.138. The molecular formula is C18H20BF3O3.